The van der Waals surface area contributed by atoms with Crippen LogP contribution >= 0.6 is 15.9 Å². The molecule has 114 valence electrons. The summed E-state index contributed by atoms with van der Waals surface area (Å²) in [5, 5.41) is 19.3. The van der Waals surface area contributed by atoms with Crippen LogP contribution < -0.4 is 0 Å². The summed E-state index contributed by atoms with van der Waals surface area (Å²) in [6.45, 7) is 0.667. The molecule has 1 heterocycles. The van der Waals surface area contributed by atoms with Gasteiger partial charge < -0.3 is 15.1 Å². The first-order valence-electron chi connectivity index (χ1n) is 7.14. The van der Waals surface area contributed by atoms with Crippen LogP contribution in [0.1, 0.15) is 34.8 Å². The molecule has 1 atom stereocenters. The molecule has 0 spiro atoms. The molecule has 0 bridgehead atoms. The number of carbonyl (C=O) groups excluding carboxylic acids is 1. The maximum Gasteiger partial charge on any atom is 0.258 e. The fraction of sp³-hybridized carbons (Fsp3) is 0.235. The summed E-state index contributed by atoms with van der Waals surface area (Å²) in [4.78, 5) is 14.5. The van der Waals surface area contributed by atoms with Crippen LogP contribution in [0.2, 0.25) is 0 Å². The molecule has 5 heteroatoms. The molecule has 0 aliphatic carbocycles. The van der Waals surface area contributed by atoms with Crippen molar-refractivity contribution in [3.63, 3.8) is 0 Å². The lowest BCUT2D eigenvalue weighted by atomic mass is 10.0. The summed E-state index contributed by atoms with van der Waals surface area (Å²) in [6.07, 6.45) is 1.84. The van der Waals surface area contributed by atoms with Gasteiger partial charge in [0.1, 0.15) is 11.5 Å². The summed E-state index contributed by atoms with van der Waals surface area (Å²) in [5.74, 6) is -0.450. The second kappa shape index (κ2) is 6.01. The minimum Gasteiger partial charge on any atom is -0.508 e. The maximum atomic E-state index is 12.7. The lowest BCUT2D eigenvalue weighted by molar-refractivity contribution is 0.0732. The van der Waals surface area contributed by atoms with E-state index < -0.39 is 0 Å². The van der Waals surface area contributed by atoms with Crippen LogP contribution in [0.4, 0.5) is 0 Å². The largest absolute Gasteiger partial charge is 0.508 e. The smallest absolute Gasteiger partial charge is 0.258 e. The predicted octanol–water partition coefficient (Wildman–Crippen LogP) is 3.84. The van der Waals surface area contributed by atoms with E-state index in [0.29, 0.717) is 6.54 Å². The van der Waals surface area contributed by atoms with E-state index in [1.165, 1.54) is 18.2 Å². The van der Waals surface area contributed by atoms with E-state index >= 15 is 0 Å². The first kappa shape index (κ1) is 14.9. The zero-order valence-corrected chi connectivity index (χ0v) is 13.5. The van der Waals surface area contributed by atoms with Crippen molar-refractivity contribution in [1.82, 2.24) is 4.90 Å². The first-order chi connectivity index (χ1) is 10.6. The monoisotopic (exact) mass is 361 g/mol. The molecule has 2 aromatic carbocycles. The standard InChI is InChI=1S/C17H16BrNO3/c18-12-5-3-11(4-6-12)15-2-1-9-19(15)17(22)14-8-7-13(20)10-16(14)21/h3-8,10,15,20-21H,1-2,9H2. The normalized spacial score (nSPS) is 17.7. The van der Waals surface area contributed by atoms with Gasteiger partial charge in [-0.25, -0.2) is 0 Å². The number of hydrogen-bond donors (Lipinski definition) is 2. The summed E-state index contributed by atoms with van der Waals surface area (Å²) < 4.78 is 1.00. The van der Waals surface area contributed by atoms with Crippen LogP contribution in [0.5, 0.6) is 11.5 Å². The molecule has 4 nitrogen and oxygen atoms in total. The van der Waals surface area contributed by atoms with Crippen molar-refractivity contribution in [2.24, 2.45) is 0 Å². The van der Waals surface area contributed by atoms with Gasteiger partial charge in [-0.3, -0.25) is 4.79 Å². The van der Waals surface area contributed by atoms with E-state index in [1.807, 2.05) is 24.3 Å². The van der Waals surface area contributed by atoms with Crippen LogP contribution in [0.15, 0.2) is 46.9 Å². The molecule has 1 amide bonds. The minimum absolute atomic E-state index is 0.0220. The molecule has 22 heavy (non-hydrogen) atoms. The number of hydrogen-bond acceptors (Lipinski definition) is 3. The maximum absolute atomic E-state index is 12.7. The Bertz CT molecular complexity index is 700. The van der Waals surface area contributed by atoms with Gasteiger partial charge in [-0.2, -0.15) is 0 Å². The SMILES string of the molecule is O=C(c1ccc(O)cc1O)N1CCCC1c1ccc(Br)cc1. The number of carbonyl (C=O) groups is 1. The molecule has 2 aromatic rings. The second-order valence-electron chi connectivity index (χ2n) is 5.41. The van der Waals surface area contributed by atoms with E-state index in [2.05, 4.69) is 15.9 Å². The van der Waals surface area contributed by atoms with Crippen LogP contribution in [0.3, 0.4) is 0 Å². The third-order valence-electron chi connectivity index (χ3n) is 3.98. The number of likely N-dealkylation sites (tertiary alicyclic amines) is 1. The Hall–Kier alpha value is -2.01. The molecule has 0 aromatic heterocycles. The van der Waals surface area contributed by atoms with Crippen molar-refractivity contribution in [2.75, 3.05) is 6.54 Å². The van der Waals surface area contributed by atoms with Crippen molar-refractivity contribution in [1.29, 1.82) is 0 Å². The molecule has 1 fully saturated rings. The van der Waals surface area contributed by atoms with E-state index in [-0.39, 0.29) is 29.0 Å². The highest BCUT2D eigenvalue weighted by Crippen LogP contribution is 2.35. The van der Waals surface area contributed by atoms with E-state index in [9.17, 15) is 15.0 Å². The lowest BCUT2D eigenvalue weighted by Crippen LogP contribution is -2.30. The third-order valence-corrected chi connectivity index (χ3v) is 4.51. The predicted molar refractivity (Wildman–Crippen MR) is 86.9 cm³/mol. The Morgan fingerprint density at radius 1 is 1.14 bits per heavy atom. The molecule has 3 rings (SSSR count). The molecular weight excluding hydrogens is 346 g/mol. The van der Waals surface area contributed by atoms with Crippen LogP contribution in [-0.2, 0) is 0 Å². The molecule has 1 saturated heterocycles. The topological polar surface area (TPSA) is 60.8 Å². The zero-order chi connectivity index (χ0) is 15.7. The third kappa shape index (κ3) is 2.81. The highest BCUT2D eigenvalue weighted by Gasteiger charge is 2.31. The summed E-state index contributed by atoms with van der Waals surface area (Å²) >= 11 is 3.41. The van der Waals surface area contributed by atoms with Gasteiger partial charge >= 0.3 is 0 Å². The van der Waals surface area contributed by atoms with Gasteiger partial charge in [-0.15, -0.1) is 0 Å². The number of nitrogens with zero attached hydrogens (tertiary/aromatic N) is 1. The number of halogens is 1. The molecule has 0 saturated carbocycles. The Morgan fingerprint density at radius 3 is 2.55 bits per heavy atom. The van der Waals surface area contributed by atoms with Crippen molar-refractivity contribution in [2.45, 2.75) is 18.9 Å². The van der Waals surface area contributed by atoms with Gasteiger partial charge in [0, 0.05) is 17.1 Å². The minimum atomic E-state index is -0.206. The Labute approximate surface area is 137 Å². The van der Waals surface area contributed by atoms with Crippen molar-refractivity contribution < 1.29 is 15.0 Å². The number of rotatable bonds is 2. The van der Waals surface area contributed by atoms with Gasteiger partial charge in [0.15, 0.2) is 0 Å². The second-order valence-corrected chi connectivity index (χ2v) is 6.33. The number of phenols is 2. The van der Waals surface area contributed by atoms with Gasteiger partial charge in [0.05, 0.1) is 11.6 Å². The fourth-order valence-electron chi connectivity index (χ4n) is 2.90. The van der Waals surface area contributed by atoms with Crippen LogP contribution in [-0.4, -0.2) is 27.6 Å². The summed E-state index contributed by atoms with van der Waals surface area (Å²) in [6, 6.07) is 12.0. The van der Waals surface area contributed by atoms with Crippen molar-refractivity contribution in [3.8, 4) is 11.5 Å². The van der Waals surface area contributed by atoms with E-state index in [1.54, 1.807) is 4.90 Å². The molecule has 1 unspecified atom stereocenters. The van der Waals surface area contributed by atoms with Gasteiger partial charge in [0.2, 0.25) is 0 Å². The Morgan fingerprint density at radius 2 is 1.86 bits per heavy atom. The highest BCUT2D eigenvalue weighted by molar-refractivity contribution is 9.10. The summed E-state index contributed by atoms with van der Waals surface area (Å²) in [7, 11) is 0. The quantitative estimate of drug-likeness (QED) is 0.854. The van der Waals surface area contributed by atoms with Gasteiger partial charge in [0.25, 0.3) is 5.91 Å². The van der Waals surface area contributed by atoms with Crippen LogP contribution in [0, 0.1) is 0 Å². The number of amides is 1. The Balaban J connectivity index is 1.89. The van der Waals surface area contributed by atoms with E-state index in [0.717, 1.165) is 22.9 Å². The molecule has 0 radical (unpaired) electrons. The first-order valence-corrected chi connectivity index (χ1v) is 7.94. The molecule has 1 aliphatic rings. The van der Waals surface area contributed by atoms with E-state index in [4.69, 9.17) is 0 Å². The number of phenolic OH excluding ortho intramolecular Hbond substituents is 2. The Kier molecular flexibility index (Phi) is 4.07. The molecule has 1 aliphatic heterocycles. The average Bonchev–Trinajstić information content (AvgIpc) is 2.97. The number of benzene rings is 2. The average molecular weight is 362 g/mol. The summed E-state index contributed by atoms with van der Waals surface area (Å²) in [5.41, 5.74) is 1.31. The van der Waals surface area contributed by atoms with Gasteiger partial charge in [-0.1, -0.05) is 28.1 Å². The zero-order valence-electron chi connectivity index (χ0n) is 11.9. The van der Waals surface area contributed by atoms with Crippen molar-refractivity contribution in [3.05, 3.63) is 58.1 Å². The lowest BCUT2D eigenvalue weighted by Gasteiger charge is -2.25. The van der Waals surface area contributed by atoms with Gasteiger partial charge in [-0.05, 0) is 42.7 Å². The van der Waals surface area contributed by atoms with Crippen LogP contribution in [0.25, 0.3) is 0 Å². The highest BCUT2D eigenvalue weighted by atomic mass is 79.9. The van der Waals surface area contributed by atoms with Crippen molar-refractivity contribution >= 4 is 21.8 Å². The molecular formula is C17H16BrNO3. The molecule has 2 N–H and O–H groups in total. The fourth-order valence-corrected chi connectivity index (χ4v) is 3.16. The number of aromatic hydroxyl groups is 2.